The summed E-state index contributed by atoms with van der Waals surface area (Å²) in [5.74, 6) is -0.959. The van der Waals surface area contributed by atoms with Crippen molar-refractivity contribution >= 4 is 22.2 Å². The van der Waals surface area contributed by atoms with Crippen LogP contribution in [0, 0.1) is 0 Å². The van der Waals surface area contributed by atoms with Gasteiger partial charge in [0, 0.05) is 16.6 Å². The molecule has 1 aromatic heterocycles. The first-order valence-corrected chi connectivity index (χ1v) is 5.02. The van der Waals surface area contributed by atoms with Crippen LogP contribution in [0.3, 0.4) is 0 Å². The van der Waals surface area contributed by atoms with Crippen LogP contribution >= 0.6 is 15.9 Å². The molecule has 1 N–H and O–H groups in total. The zero-order valence-electron chi connectivity index (χ0n) is 7.60. The van der Waals surface area contributed by atoms with Gasteiger partial charge in [0.25, 0.3) is 5.56 Å². The fourth-order valence-corrected chi connectivity index (χ4v) is 1.44. The SMILES string of the molecule is O=Cc1cc(OC(F)(F)F)c(=O)[nH]c1CBr. The minimum Gasteiger partial charge on any atom is -0.400 e. The molecule has 4 nitrogen and oxygen atoms in total. The van der Waals surface area contributed by atoms with E-state index in [4.69, 9.17) is 0 Å². The molecule has 0 unspecified atom stereocenters. The Hall–Kier alpha value is -1.31. The number of H-pyrrole nitrogens is 1. The second kappa shape index (κ2) is 4.69. The highest BCUT2D eigenvalue weighted by molar-refractivity contribution is 9.08. The maximum Gasteiger partial charge on any atom is 0.573 e. The highest BCUT2D eigenvalue weighted by atomic mass is 79.9. The van der Waals surface area contributed by atoms with E-state index in [1.54, 1.807) is 0 Å². The molecule has 16 heavy (non-hydrogen) atoms. The minimum absolute atomic E-state index is 0.0734. The normalized spacial score (nSPS) is 11.2. The summed E-state index contributed by atoms with van der Waals surface area (Å²) in [5.41, 5.74) is -0.928. The molecule has 0 radical (unpaired) electrons. The van der Waals surface area contributed by atoms with Crippen LogP contribution < -0.4 is 10.3 Å². The number of nitrogens with one attached hydrogen (secondary N) is 1. The van der Waals surface area contributed by atoms with E-state index in [-0.39, 0.29) is 16.6 Å². The predicted octanol–water partition coefficient (Wildman–Crippen LogP) is 1.98. The lowest BCUT2D eigenvalue weighted by molar-refractivity contribution is -0.275. The number of rotatable bonds is 3. The van der Waals surface area contributed by atoms with Crippen LogP contribution in [0.15, 0.2) is 10.9 Å². The number of halogens is 4. The molecule has 0 aliphatic heterocycles. The van der Waals surface area contributed by atoms with Crippen molar-refractivity contribution in [2.24, 2.45) is 0 Å². The molecule has 1 aromatic rings. The van der Waals surface area contributed by atoms with Crippen molar-refractivity contribution in [2.75, 3.05) is 0 Å². The van der Waals surface area contributed by atoms with Gasteiger partial charge in [0.15, 0.2) is 12.0 Å². The summed E-state index contributed by atoms with van der Waals surface area (Å²) in [6.07, 6.45) is -4.64. The Morgan fingerprint density at radius 3 is 2.56 bits per heavy atom. The van der Waals surface area contributed by atoms with Crippen molar-refractivity contribution in [3.05, 3.63) is 27.7 Å². The lowest BCUT2D eigenvalue weighted by Gasteiger charge is -2.09. The number of alkyl halides is 4. The highest BCUT2D eigenvalue weighted by Crippen LogP contribution is 2.20. The number of aromatic amines is 1. The molecule has 0 atom stereocenters. The molecule has 0 bridgehead atoms. The molecular formula is C8H5BrF3NO3. The van der Waals surface area contributed by atoms with Gasteiger partial charge in [-0.1, -0.05) is 15.9 Å². The predicted molar refractivity (Wildman–Crippen MR) is 51.8 cm³/mol. The quantitative estimate of drug-likeness (QED) is 0.686. The van der Waals surface area contributed by atoms with Crippen LogP contribution in [0.5, 0.6) is 5.75 Å². The zero-order chi connectivity index (χ0) is 12.3. The standard InChI is InChI=1S/C8H5BrF3NO3/c9-2-5-4(3-14)1-6(7(15)13-5)16-8(10,11)12/h1,3H,2H2,(H,13,15). The molecule has 1 rings (SSSR count). The lowest BCUT2D eigenvalue weighted by Crippen LogP contribution is -2.23. The summed E-state index contributed by atoms with van der Waals surface area (Å²) in [5, 5.41) is 0.141. The molecule has 0 aliphatic carbocycles. The molecule has 1 heterocycles. The van der Waals surface area contributed by atoms with E-state index < -0.39 is 17.7 Å². The Balaban J connectivity index is 3.22. The molecule has 8 heteroatoms. The number of aromatic nitrogens is 1. The summed E-state index contributed by atoms with van der Waals surface area (Å²) in [7, 11) is 0. The molecule has 0 spiro atoms. The van der Waals surface area contributed by atoms with Gasteiger partial charge in [-0.15, -0.1) is 13.2 Å². The van der Waals surface area contributed by atoms with Crippen LogP contribution in [0.25, 0.3) is 0 Å². The summed E-state index contributed by atoms with van der Waals surface area (Å²) in [4.78, 5) is 23.8. The summed E-state index contributed by atoms with van der Waals surface area (Å²) in [6, 6.07) is 0.746. The number of aldehydes is 1. The molecule has 0 aliphatic rings. The van der Waals surface area contributed by atoms with Crippen molar-refractivity contribution < 1.29 is 22.7 Å². The number of hydrogen-bond acceptors (Lipinski definition) is 3. The number of carbonyl (C=O) groups is 1. The molecule has 0 fully saturated rings. The lowest BCUT2D eigenvalue weighted by atomic mass is 10.2. The van der Waals surface area contributed by atoms with E-state index >= 15 is 0 Å². The summed E-state index contributed by atoms with van der Waals surface area (Å²) in [6.45, 7) is 0. The van der Waals surface area contributed by atoms with Crippen molar-refractivity contribution in [3.63, 3.8) is 0 Å². The smallest absolute Gasteiger partial charge is 0.400 e. The first kappa shape index (κ1) is 12.8. The van der Waals surface area contributed by atoms with E-state index in [1.807, 2.05) is 0 Å². The topological polar surface area (TPSA) is 59.2 Å². The van der Waals surface area contributed by atoms with Crippen molar-refractivity contribution in [3.8, 4) is 5.75 Å². The second-order valence-corrected chi connectivity index (χ2v) is 3.26. The van der Waals surface area contributed by atoms with Gasteiger partial charge in [-0.2, -0.15) is 0 Å². The second-order valence-electron chi connectivity index (χ2n) is 2.70. The van der Waals surface area contributed by atoms with Crippen LogP contribution in [0.2, 0.25) is 0 Å². The Bertz CT molecular complexity index is 455. The minimum atomic E-state index is -4.97. The zero-order valence-corrected chi connectivity index (χ0v) is 9.18. The maximum atomic E-state index is 11.9. The van der Waals surface area contributed by atoms with Crippen molar-refractivity contribution in [1.29, 1.82) is 0 Å². The van der Waals surface area contributed by atoms with Crippen molar-refractivity contribution in [2.45, 2.75) is 11.7 Å². The Morgan fingerprint density at radius 2 is 2.12 bits per heavy atom. The van der Waals surface area contributed by atoms with E-state index in [1.165, 1.54) is 0 Å². The van der Waals surface area contributed by atoms with Gasteiger partial charge in [-0.25, -0.2) is 0 Å². The average molecular weight is 300 g/mol. The average Bonchev–Trinajstić information content (AvgIpc) is 2.18. The Labute approximate surface area is 95.5 Å². The first-order valence-electron chi connectivity index (χ1n) is 3.90. The number of pyridine rings is 1. The van der Waals surface area contributed by atoms with Crippen LogP contribution in [0.4, 0.5) is 13.2 Å². The van der Waals surface area contributed by atoms with Crippen LogP contribution in [0.1, 0.15) is 16.1 Å². The molecule has 0 amide bonds. The van der Waals surface area contributed by atoms with Gasteiger partial charge < -0.3 is 9.72 Å². The first-order chi connectivity index (χ1) is 7.37. The fraction of sp³-hybridized carbons (Fsp3) is 0.250. The van der Waals surface area contributed by atoms with Crippen LogP contribution in [-0.2, 0) is 5.33 Å². The van der Waals surface area contributed by atoms with E-state index in [0.29, 0.717) is 6.29 Å². The van der Waals surface area contributed by atoms with E-state index in [9.17, 15) is 22.8 Å². The summed E-state index contributed by atoms with van der Waals surface area (Å²) >= 11 is 2.98. The van der Waals surface area contributed by atoms with E-state index in [2.05, 4.69) is 25.7 Å². The van der Waals surface area contributed by atoms with Gasteiger partial charge >= 0.3 is 6.36 Å². The number of hydrogen-bond donors (Lipinski definition) is 1. The Kier molecular flexibility index (Phi) is 3.74. The van der Waals surface area contributed by atoms with Crippen LogP contribution in [-0.4, -0.2) is 17.6 Å². The van der Waals surface area contributed by atoms with Gasteiger partial charge in [0.2, 0.25) is 0 Å². The third-order valence-electron chi connectivity index (χ3n) is 1.61. The summed E-state index contributed by atoms with van der Waals surface area (Å²) < 4.78 is 39.1. The van der Waals surface area contributed by atoms with Crippen molar-refractivity contribution in [1.82, 2.24) is 4.98 Å². The third kappa shape index (κ3) is 3.09. The molecule has 0 saturated heterocycles. The maximum absolute atomic E-state index is 11.9. The van der Waals surface area contributed by atoms with Gasteiger partial charge in [0.1, 0.15) is 0 Å². The number of ether oxygens (including phenoxy) is 1. The monoisotopic (exact) mass is 299 g/mol. The number of carbonyl (C=O) groups excluding carboxylic acids is 1. The molecule has 0 saturated carbocycles. The molecule has 0 aromatic carbocycles. The third-order valence-corrected chi connectivity index (χ3v) is 2.17. The van der Waals surface area contributed by atoms with Gasteiger partial charge in [-0.05, 0) is 6.07 Å². The van der Waals surface area contributed by atoms with Gasteiger partial charge in [-0.3, -0.25) is 9.59 Å². The molecule has 88 valence electrons. The van der Waals surface area contributed by atoms with E-state index in [0.717, 1.165) is 6.07 Å². The Morgan fingerprint density at radius 1 is 1.50 bits per heavy atom. The molecular weight excluding hydrogens is 295 g/mol. The highest BCUT2D eigenvalue weighted by Gasteiger charge is 2.32. The van der Waals surface area contributed by atoms with Gasteiger partial charge in [0.05, 0.1) is 0 Å². The largest absolute Gasteiger partial charge is 0.573 e. The fourth-order valence-electron chi connectivity index (χ4n) is 0.981.